The highest BCUT2D eigenvalue weighted by atomic mass is 32.2. The normalized spacial score (nSPS) is 15.4. The summed E-state index contributed by atoms with van der Waals surface area (Å²) >= 11 is 1.31. The Morgan fingerprint density at radius 2 is 1.79 bits per heavy atom. The van der Waals surface area contributed by atoms with Crippen molar-refractivity contribution in [3.8, 4) is 0 Å². The molecule has 29 heavy (non-hydrogen) atoms. The van der Waals surface area contributed by atoms with Crippen LogP contribution in [0.25, 0.3) is 0 Å². The quantitative estimate of drug-likeness (QED) is 0.665. The fraction of sp³-hybridized carbons (Fsp3) is 0.316. The van der Waals surface area contributed by atoms with E-state index in [4.69, 9.17) is 0 Å². The molecule has 0 aromatic carbocycles. The molecule has 0 unspecified atom stereocenters. The molecule has 152 valence electrons. The summed E-state index contributed by atoms with van der Waals surface area (Å²) in [6.07, 6.45) is 1.71. The Labute approximate surface area is 174 Å². The van der Waals surface area contributed by atoms with Crippen molar-refractivity contribution in [1.82, 2.24) is 19.3 Å². The van der Waals surface area contributed by atoms with Crippen LogP contribution in [0, 0.1) is 13.8 Å². The highest BCUT2D eigenvalue weighted by Crippen LogP contribution is 2.26. The minimum Gasteiger partial charge on any atom is -0.354 e. The molecule has 1 N–H and O–H groups in total. The Balaban J connectivity index is 1.47. The third-order valence-corrected chi connectivity index (χ3v) is 7.98. The minimum absolute atomic E-state index is 0.406. The van der Waals surface area contributed by atoms with Gasteiger partial charge in [-0.1, -0.05) is 6.07 Å². The molecule has 3 aromatic heterocycles. The summed E-state index contributed by atoms with van der Waals surface area (Å²) in [5.41, 5.74) is 0. The van der Waals surface area contributed by atoms with Crippen molar-refractivity contribution in [2.45, 2.75) is 18.1 Å². The molecule has 3 aromatic rings. The van der Waals surface area contributed by atoms with E-state index in [-0.39, 0.29) is 0 Å². The minimum atomic E-state index is -3.43. The number of nitrogens with one attached hydrogen (secondary N) is 1. The molecule has 1 fully saturated rings. The second-order valence-corrected chi connectivity index (χ2v) is 10.2. The fourth-order valence-corrected chi connectivity index (χ4v) is 6.04. The van der Waals surface area contributed by atoms with E-state index in [9.17, 15) is 8.42 Å². The van der Waals surface area contributed by atoms with Crippen LogP contribution in [0.4, 0.5) is 17.5 Å². The lowest BCUT2D eigenvalue weighted by atomic mass is 10.3. The number of hydrogen-bond acceptors (Lipinski definition) is 8. The molecule has 10 heteroatoms. The lowest BCUT2D eigenvalue weighted by Crippen LogP contribution is -2.48. The zero-order valence-corrected chi connectivity index (χ0v) is 17.9. The molecule has 8 nitrogen and oxygen atoms in total. The van der Waals surface area contributed by atoms with E-state index in [1.165, 1.54) is 11.3 Å². The molecule has 0 atom stereocenters. The van der Waals surface area contributed by atoms with Gasteiger partial charge in [0.2, 0.25) is 0 Å². The molecule has 1 saturated heterocycles. The summed E-state index contributed by atoms with van der Waals surface area (Å²) in [6.45, 7) is 5.74. The lowest BCUT2D eigenvalue weighted by Gasteiger charge is -2.34. The number of nitrogens with zero attached hydrogens (tertiary/aromatic N) is 5. The smallest absolute Gasteiger partial charge is 0.252 e. The number of piperazine rings is 1. The van der Waals surface area contributed by atoms with E-state index < -0.39 is 10.0 Å². The molecule has 4 rings (SSSR count). The topological polar surface area (TPSA) is 91.3 Å². The van der Waals surface area contributed by atoms with Crippen LogP contribution in [0.5, 0.6) is 0 Å². The van der Waals surface area contributed by atoms with E-state index in [1.54, 1.807) is 16.6 Å². The van der Waals surface area contributed by atoms with Gasteiger partial charge in [-0.3, -0.25) is 0 Å². The molecule has 0 radical (unpaired) electrons. The molecule has 0 aliphatic carbocycles. The molecule has 0 spiro atoms. The number of aryl methyl sites for hydroxylation is 2. The largest absolute Gasteiger partial charge is 0.354 e. The van der Waals surface area contributed by atoms with E-state index >= 15 is 0 Å². The van der Waals surface area contributed by atoms with E-state index in [0.717, 1.165) is 10.7 Å². The maximum atomic E-state index is 12.8. The third-order valence-electron chi connectivity index (χ3n) is 4.62. The molecule has 4 heterocycles. The first-order valence-corrected chi connectivity index (χ1v) is 11.5. The van der Waals surface area contributed by atoms with Crippen molar-refractivity contribution in [1.29, 1.82) is 0 Å². The van der Waals surface area contributed by atoms with Crippen molar-refractivity contribution in [3.05, 3.63) is 53.3 Å². The van der Waals surface area contributed by atoms with Crippen LogP contribution in [-0.2, 0) is 10.0 Å². The maximum Gasteiger partial charge on any atom is 0.252 e. The Hall–Kier alpha value is -2.56. The first kappa shape index (κ1) is 19.7. The predicted molar refractivity (Wildman–Crippen MR) is 114 cm³/mol. The SMILES string of the molecule is Cc1nc(Nc2ccccn2)cc(N2CCN(S(=O)(=O)c3ccc(C)s3)CC2)n1. The van der Waals surface area contributed by atoms with Crippen LogP contribution >= 0.6 is 11.3 Å². The molecule has 0 bridgehead atoms. The summed E-state index contributed by atoms with van der Waals surface area (Å²) in [5.74, 6) is 2.79. The van der Waals surface area contributed by atoms with Gasteiger partial charge in [0.15, 0.2) is 0 Å². The van der Waals surface area contributed by atoms with Gasteiger partial charge in [-0.15, -0.1) is 11.3 Å². The van der Waals surface area contributed by atoms with Gasteiger partial charge in [0.1, 0.15) is 27.5 Å². The van der Waals surface area contributed by atoms with Gasteiger partial charge in [-0.2, -0.15) is 4.31 Å². The fourth-order valence-electron chi connectivity index (χ4n) is 3.18. The maximum absolute atomic E-state index is 12.8. The van der Waals surface area contributed by atoms with Crippen molar-refractivity contribution in [3.63, 3.8) is 0 Å². The zero-order chi connectivity index (χ0) is 20.4. The van der Waals surface area contributed by atoms with Crippen molar-refractivity contribution in [2.24, 2.45) is 0 Å². The standard InChI is InChI=1S/C19H22N6O2S2/c1-14-6-7-19(28-14)29(26,27)25-11-9-24(10-12-25)18-13-17(21-15(2)22-18)23-16-5-3-4-8-20-16/h3-8,13H,9-12H2,1-2H3,(H,20,21,22,23). The second kappa shape index (κ2) is 8.05. The third kappa shape index (κ3) is 4.39. The number of rotatable bonds is 5. The molecular formula is C19H22N6O2S2. The monoisotopic (exact) mass is 430 g/mol. The number of pyridine rings is 1. The van der Waals surface area contributed by atoms with Crippen LogP contribution < -0.4 is 10.2 Å². The van der Waals surface area contributed by atoms with E-state index in [1.807, 2.05) is 44.2 Å². The van der Waals surface area contributed by atoms with E-state index in [2.05, 4.69) is 25.2 Å². The summed E-state index contributed by atoms with van der Waals surface area (Å²) in [6, 6.07) is 11.0. The van der Waals surface area contributed by atoms with E-state index in [0.29, 0.717) is 47.8 Å². The Bertz CT molecular complexity index is 1090. The molecule has 1 aliphatic rings. The summed E-state index contributed by atoms with van der Waals surface area (Å²) in [7, 11) is -3.43. The average molecular weight is 431 g/mol. The average Bonchev–Trinajstić information content (AvgIpc) is 3.16. The van der Waals surface area contributed by atoms with Crippen LogP contribution in [-0.4, -0.2) is 53.9 Å². The molecule has 0 amide bonds. The van der Waals surface area contributed by atoms with Crippen LogP contribution in [0.3, 0.4) is 0 Å². The Kier molecular flexibility index (Phi) is 5.48. The first-order valence-electron chi connectivity index (χ1n) is 9.27. The molecule has 0 saturated carbocycles. The number of anilines is 3. The summed E-state index contributed by atoms with van der Waals surface area (Å²) in [4.78, 5) is 16.3. The van der Waals surface area contributed by atoms with Gasteiger partial charge in [0, 0.05) is 43.3 Å². The number of hydrogen-bond donors (Lipinski definition) is 1. The highest BCUT2D eigenvalue weighted by Gasteiger charge is 2.30. The van der Waals surface area contributed by atoms with Crippen LogP contribution in [0.1, 0.15) is 10.7 Å². The zero-order valence-electron chi connectivity index (χ0n) is 16.2. The molecule has 1 aliphatic heterocycles. The van der Waals surface area contributed by atoms with Crippen LogP contribution in [0.2, 0.25) is 0 Å². The molecular weight excluding hydrogens is 408 g/mol. The van der Waals surface area contributed by atoms with Gasteiger partial charge < -0.3 is 10.2 Å². The predicted octanol–water partition coefficient (Wildman–Crippen LogP) is 2.80. The van der Waals surface area contributed by atoms with Gasteiger partial charge in [-0.25, -0.2) is 23.4 Å². The lowest BCUT2D eigenvalue weighted by molar-refractivity contribution is 0.384. The van der Waals surface area contributed by atoms with Gasteiger partial charge in [0.05, 0.1) is 0 Å². The number of aromatic nitrogens is 3. The first-order chi connectivity index (χ1) is 13.9. The van der Waals surface area contributed by atoms with Gasteiger partial charge in [0.25, 0.3) is 10.0 Å². The second-order valence-electron chi connectivity index (χ2n) is 6.75. The van der Waals surface area contributed by atoms with Gasteiger partial charge in [-0.05, 0) is 38.1 Å². The van der Waals surface area contributed by atoms with Crippen molar-refractivity contribution < 1.29 is 8.42 Å². The Morgan fingerprint density at radius 1 is 1.00 bits per heavy atom. The van der Waals surface area contributed by atoms with Gasteiger partial charge >= 0.3 is 0 Å². The van der Waals surface area contributed by atoms with Crippen molar-refractivity contribution >= 4 is 38.8 Å². The van der Waals surface area contributed by atoms with Crippen LogP contribution in [0.15, 0.2) is 46.8 Å². The highest BCUT2D eigenvalue weighted by molar-refractivity contribution is 7.91. The summed E-state index contributed by atoms with van der Waals surface area (Å²) in [5, 5.41) is 3.19. The number of sulfonamides is 1. The number of thiophene rings is 1. The summed E-state index contributed by atoms with van der Waals surface area (Å²) < 4.78 is 27.6. The Morgan fingerprint density at radius 3 is 2.45 bits per heavy atom. The van der Waals surface area contributed by atoms with Crippen molar-refractivity contribution in [2.75, 3.05) is 36.4 Å².